The second kappa shape index (κ2) is 6.26. The fraction of sp³-hybridized carbons (Fsp3) is 0.118. The third kappa shape index (κ3) is 3.16. The van der Waals surface area contributed by atoms with E-state index in [2.05, 4.69) is 9.14 Å². The molecule has 0 spiro atoms. The fourth-order valence-electron chi connectivity index (χ4n) is 2.46. The highest BCUT2D eigenvalue weighted by Crippen LogP contribution is 2.20. The molecule has 0 unspecified atom stereocenters. The van der Waals surface area contributed by atoms with E-state index in [1.54, 1.807) is 12.1 Å². The van der Waals surface area contributed by atoms with Gasteiger partial charge in [-0.2, -0.15) is 0 Å². The van der Waals surface area contributed by atoms with Crippen LogP contribution >= 0.6 is 0 Å². The number of rotatable bonds is 4. The lowest BCUT2D eigenvalue weighted by Gasteiger charge is -2.10. The number of sulfonamides is 1. The summed E-state index contributed by atoms with van der Waals surface area (Å²) in [5.74, 6) is -1.03. The van der Waals surface area contributed by atoms with E-state index in [0.717, 1.165) is 10.6 Å². The zero-order valence-electron chi connectivity index (χ0n) is 13.8. The van der Waals surface area contributed by atoms with Crippen LogP contribution < -0.4 is 16.1 Å². The number of nitrogens with one attached hydrogen (secondary N) is 1. The van der Waals surface area contributed by atoms with E-state index >= 15 is 0 Å². The SMILES string of the molecule is CC(=O)c1cccc(NS(=O)(=O)c2ccc3c(c2)c(=O)oc(=O)n3C)c1. The maximum Gasteiger partial charge on any atom is 0.422 e. The number of aromatic nitrogens is 1. The Balaban J connectivity index is 2.08. The average Bonchev–Trinajstić information content (AvgIpc) is 2.59. The van der Waals surface area contributed by atoms with Gasteiger partial charge >= 0.3 is 11.4 Å². The number of fused-ring (bicyclic) bond motifs is 1. The molecule has 0 fully saturated rings. The maximum absolute atomic E-state index is 12.6. The quantitative estimate of drug-likeness (QED) is 0.692. The van der Waals surface area contributed by atoms with Crippen LogP contribution in [0, 0.1) is 0 Å². The van der Waals surface area contributed by atoms with Gasteiger partial charge in [0.25, 0.3) is 10.0 Å². The molecule has 0 aliphatic carbocycles. The number of carbonyl (C=O) groups excluding carboxylic acids is 1. The van der Waals surface area contributed by atoms with Crippen LogP contribution in [0.2, 0.25) is 0 Å². The van der Waals surface area contributed by atoms with Gasteiger partial charge in [-0.15, -0.1) is 0 Å². The highest BCUT2D eigenvalue weighted by molar-refractivity contribution is 7.92. The molecule has 3 aromatic rings. The van der Waals surface area contributed by atoms with Crippen molar-refractivity contribution >= 4 is 32.4 Å². The molecule has 0 aliphatic heterocycles. The molecule has 9 heteroatoms. The van der Waals surface area contributed by atoms with Gasteiger partial charge in [0.2, 0.25) is 0 Å². The van der Waals surface area contributed by atoms with E-state index < -0.39 is 21.4 Å². The van der Waals surface area contributed by atoms with E-state index in [0.29, 0.717) is 5.56 Å². The van der Waals surface area contributed by atoms with Crippen molar-refractivity contribution < 1.29 is 17.6 Å². The first kappa shape index (κ1) is 17.6. The number of carbonyl (C=O) groups is 1. The topological polar surface area (TPSA) is 115 Å². The van der Waals surface area contributed by atoms with E-state index in [9.17, 15) is 22.8 Å². The average molecular weight is 374 g/mol. The minimum Gasteiger partial charge on any atom is -0.372 e. The molecule has 1 heterocycles. The van der Waals surface area contributed by atoms with Crippen LogP contribution in [-0.4, -0.2) is 18.8 Å². The largest absolute Gasteiger partial charge is 0.422 e. The number of ketones is 1. The standard InChI is InChI=1S/C17H14N2O6S/c1-10(20)11-4-3-5-12(8-11)18-26(23,24)13-6-7-15-14(9-13)16(21)25-17(22)19(15)2/h3-9,18H,1-2H3. The summed E-state index contributed by atoms with van der Waals surface area (Å²) < 4.78 is 33.2. The second-order valence-electron chi connectivity index (χ2n) is 5.64. The molecule has 8 nitrogen and oxygen atoms in total. The van der Waals surface area contributed by atoms with Crippen molar-refractivity contribution in [1.29, 1.82) is 0 Å². The molecule has 0 saturated heterocycles. The second-order valence-corrected chi connectivity index (χ2v) is 7.32. The van der Waals surface area contributed by atoms with Crippen molar-refractivity contribution in [2.24, 2.45) is 7.05 Å². The first-order valence-corrected chi connectivity index (χ1v) is 8.95. The Morgan fingerprint density at radius 3 is 2.54 bits per heavy atom. The molecule has 1 aromatic heterocycles. The minimum atomic E-state index is -4.02. The van der Waals surface area contributed by atoms with E-state index in [4.69, 9.17) is 0 Å². The molecule has 0 aliphatic rings. The van der Waals surface area contributed by atoms with E-state index in [-0.39, 0.29) is 27.3 Å². The molecule has 26 heavy (non-hydrogen) atoms. The van der Waals surface area contributed by atoms with Gasteiger partial charge in [0.1, 0.15) is 0 Å². The smallest absolute Gasteiger partial charge is 0.372 e. The summed E-state index contributed by atoms with van der Waals surface area (Å²) in [5.41, 5.74) is -0.0906. The summed E-state index contributed by atoms with van der Waals surface area (Å²) in [6.45, 7) is 1.38. The Morgan fingerprint density at radius 1 is 1.12 bits per heavy atom. The Bertz CT molecular complexity index is 1250. The Kier molecular flexibility index (Phi) is 4.25. The van der Waals surface area contributed by atoms with Crippen molar-refractivity contribution in [3.05, 3.63) is 69.0 Å². The van der Waals surface area contributed by atoms with Gasteiger partial charge < -0.3 is 4.42 Å². The van der Waals surface area contributed by atoms with Crippen LogP contribution in [0.1, 0.15) is 17.3 Å². The monoisotopic (exact) mass is 374 g/mol. The summed E-state index contributed by atoms with van der Waals surface area (Å²) >= 11 is 0. The number of hydrogen-bond donors (Lipinski definition) is 1. The molecule has 0 saturated carbocycles. The summed E-state index contributed by atoms with van der Waals surface area (Å²) in [4.78, 5) is 34.6. The normalized spacial score (nSPS) is 11.5. The Labute approximate surface area is 147 Å². The van der Waals surface area contributed by atoms with Crippen molar-refractivity contribution in [2.45, 2.75) is 11.8 Å². The van der Waals surface area contributed by atoms with Crippen molar-refractivity contribution in [2.75, 3.05) is 4.72 Å². The first-order valence-electron chi connectivity index (χ1n) is 7.47. The van der Waals surface area contributed by atoms with Crippen LogP contribution in [0.5, 0.6) is 0 Å². The number of benzene rings is 2. The van der Waals surface area contributed by atoms with Gasteiger partial charge in [-0.1, -0.05) is 12.1 Å². The van der Waals surface area contributed by atoms with Crippen LogP contribution in [0.15, 0.2) is 61.4 Å². The molecule has 1 N–H and O–H groups in total. The predicted octanol–water partition coefficient (Wildman–Crippen LogP) is 1.50. The summed E-state index contributed by atoms with van der Waals surface area (Å²) in [6, 6.07) is 9.81. The molecular formula is C17H14N2O6S. The van der Waals surface area contributed by atoms with Gasteiger partial charge in [0, 0.05) is 18.3 Å². The van der Waals surface area contributed by atoms with E-state index in [1.807, 2.05) is 0 Å². The zero-order valence-corrected chi connectivity index (χ0v) is 14.7. The molecule has 0 atom stereocenters. The highest BCUT2D eigenvalue weighted by atomic mass is 32.2. The molecule has 0 radical (unpaired) electrons. The number of nitrogens with zero attached hydrogens (tertiary/aromatic N) is 1. The molecule has 134 valence electrons. The van der Waals surface area contributed by atoms with Crippen molar-refractivity contribution in [3.63, 3.8) is 0 Å². The van der Waals surface area contributed by atoms with Crippen LogP contribution in [0.25, 0.3) is 10.9 Å². The molecule has 0 amide bonds. The third-order valence-corrected chi connectivity index (χ3v) is 5.21. The molecule has 3 rings (SSSR count). The predicted molar refractivity (Wildman–Crippen MR) is 95.0 cm³/mol. The van der Waals surface area contributed by atoms with E-state index in [1.165, 1.54) is 38.2 Å². The summed E-state index contributed by atoms with van der Waals surface area (Å²) in [7, 11) is -2.61. The van der Waals surface area contributed by atoms with Crippen molar-refractivity contribution in [1.82, 2.24) is 4.57 Å². The number of aryl methyl sites for hydroxylation is 1. The lowest BCUT2D eigenvalue weighted by molar-refractivity contribution is 0.101. The third-order valence-electron chi connectivity index (χ3n) is 3.83. The molecular weight excluding hydrogens is 360 g/mol. The fourth-order valence-corrected chi connectivity index (χ4v) is 3.53. The van der Waals surface area contributed by atoms with Crippen LogP contribution in [0.4, 0.5) is 5.69 Å². The van der Waals surface area contributed by atoms with Gasteiger partial charge in [-0.05, 0) is 37.3 Å². The summed E-state index contributed by atoms with van der Waals surface area (Å²) in [6.07, 6.45) is 0. The van der Waals surface area contributed by atoms with Gasteiger partial charge in [-0.25, -0.2) is 18.0 Å². The lowest BCUT2D eigenvalue weighted by Crippen LogP contribution is -2.23. The first-order chi connectivity index (χ1) is 12.2. The Hall–Kier alpha value is -3.20. The van der Waals surface area contributed by atoms with Gasteiger partial charge in [-0.3, -0.25) is 14.1 Å². The van der Waals surface area contributed by atoms with Gasteiger partial charge in [0.05, 0.1) is 15.8 Å². The van der Waals surface area contributed by atoms with Gasteiger partial charge in [0.15, 0.2) is 5.78 Å². The maximum atomic E-state index is 12.6. The molecule has 2 aromatic carbocycles. The summed E-state index contributed by atoms with van der Waals surface area (Å²) in [5, 5.41) is -0.0348. The van der Waals surface area contributed by atoms with Crippen molar-refractivity contribution in [3.8, 4) is 0 Å². The number of anilines is 1. The minimum absolute atomic E-state index is 0.0348. The molecule has 0 bridgehead atoms. The zero-order chi connectivity index (χ0) is 19.1. The Morgan fingerprint density at radius 2 is 1.85 bits per heavy atom. The number of Topliss-reactive ketones (excluding diaryl/α,β-unsaturated/α-hetero) is 1. The number of hydrogen-bond acceptors (Lipinski definition) is 6. The van der Waals surface area contributed by atoms with Crippen LogP contribution in [-0.2, 0) is 17.1 Å². The van der Waals surface area contributed by atoms with Crippen LogP contribution in [0.3, 0.4) is 0 Å². The highest BCUT2D eigenvalue weighted by Gasteiger charge is 2.17. The lowest BCUT2D eigenvalue weighted by atomic mass is 10.1.